The third-order valence-electron chi connectivity index (χ3n) is 5.29. The molecule has 1 aliphatic heterocycles. The van der Waals surface area contributed by atoms with Crippen LogP contribution in [0.3, 0.4) is 0 Å². The standard InChI is InChI=1S/C22H22ClF2N5O2.C2H6/c1-28-9-11-29(12-10-28)22(31)30(18-4-2-3-17(23)13-18)14-15-5-7-16(8-6-15)20-26-27-21(32-20)19(24)25;1-2/h2-8,13,19H,9-12,14H2,1H3;1-2H3. The summed E-state index contributed by atoms with van der Waals surface area (Å²) in [6, 6.07) is 14.1. The Morgan fingerprint density at radius 2 is 1.76 bits per heavy atom. The summed E-state index contributed by atoms with van der Waals surface area (Å²) in [5.41, 5.74) is 2.07. The van der Waals surface area contributed by atoms with Gasteiger partial charge in [0.2, 0.25) is 5.89 Å². The van der Waals surface area contributed by atoms with E-state index >= 15 is 0 Å². The molecular weight excluding hydrogens is 464 g/mol. The Morgan fingerprint density at radius 3 is 2.35 bits per heavy atom. The predicted molar refractivity (Wildman–Crippen MR) is 128 cm³/mol. The number of urea groups is 1. The molecule has 2 heterocycles. The highest BCUT2D eigenvalue weighted by Crippen LogP contribution is 2.26. The largest absolute Gasteiger partial charge is 0.415 e. The molecule has 182 valence electrons. The van der Waals surface area contributed by atoms with Crippen LogP contribution in [0.4, 0.5) is 19.3 Å². The van der Waals surface area contributed by atoms with Crippen LogP contribution in [-0.4, -0.2) is 59.3 Å². The molecule has 2 aromatic carbocycles. The minimum absolute atomic E-state index is 0.0204. The van der Waals surface area contributed by atoms with Crippen LogP contribution < -0.4 is 4.90 Å². The zero-order valence-electron chi connectivity index (χ0n) is 19.4. The molecule has 10 heteroatoms. The van der Waals surface area contributed by atoms with Crippen LogP contribution in [0.15, 0.2) is 52.9 Å². The molecule has 1 aromatic heterocycles. The van der Waals surface area contributed by atoms with Crippen molar-refractivity contribution < 1.29 is 18.0 Å². The van der Waals surface area contributed by atoms with Crippen LogP contribution in [-0.2, 0) is 6.54 Å². The number of piperazine rings is 1. The van der Waals surface area contributed by atoms with Crippen LogP contribution in [0.1, 0.15) is 31.7 Å². The number of benzene rings is 2. The number of alkyl halides is 2. The number of rotatable bonds is 5. The third-order valence-corrected chi connectivity index (χ3v) is 5.53. The van der Waals surface area contributed by atoms with Gasteiger partial charge in [0, 0.05) is 42.5 Å². The summed E-state index contributed by atoms with van der Waals surface area (Å²) >= 11 is 6.18. The number of anilines is 1. The van der Waals surface area contributed by atoms with E-state index in [1.54, 1.807) is 47.4 Å². The van der Waals surface area contributed by atoms with E-state index in [1.807, 2.05) is 31.9 Å². The van der Waals surface area contributed by atoms with Gasteiger partial charge in [-0.1, -0.05) is 43.6 Å². The van der Waals surface area contributed by atoms with Crippen LogP contribution >= 0.6 is 11.6 Å². The van der Waals surface area contributed by atoms with Gasteiger partial charge >= 0.3 is 12.5 Å². The molecule has 3 aromatic rings. The number of aromatic nitrogens is 2. The van der Waals surface area contributed by atoms with Crippen molar-refractivity contribution in [2.45, 2.75) is 26.8 Å². The first kappa shape index (κ1) is 25.6. The van der Waals surface area contributed by atoms with E-state index in [0.717, 1.165) is 18.7 Å². The molecule has 2 amide bonds. The molecule has 0 radical (unpaired) electrons. The van der Waals surface area contributed by atoms with E-state index in [-0.39, 0.29) is 11.9 Å². The molecule has 1 fully saturated rings. The zero-order chi connectivity index (χ0) is 24.7. The van der Waals surface area contributed by atoms with Crippen molar-refractivity contribution >= 4 is 23.3 Å². The summed E-state index contributed by atoms with van der Waals surface area (Å²) in [4.78, 5) is 19.1. The first-order chi connectivity index (χ1) is 16.4. The van der Waals surface area contributed by atoms with Crippen molar-refractivity contribution in [1.29, 1.82) is 0 Å². The maximum absolute atomic E-state index is 13.4. The van der Waals surface area contributed by atoms with Crippen molar-refractivity contribution in [3.8, 4) is 11.5 Å². The molecular formula is C24H28ClF2N5O2. The summed E-state index contributed by atoms with van der Waals surface area (Å²) in [5.74, 6) is -0.693. The first-order valence-corrected chi connectivity index (χ1v) is 11.5. The number of amides is 2. The maximum Gasteiger partial charge on any atom is 0.324 e. The van der Waals surface area contributed by atoms with Gasteiger partial charge in [0.1, 0.15) is 0 Å². The molecule has 0 aliphatic carbocycles. The van der Waals surface area contributed by atoms with E-state index in [0.29, 0.717) is 35.9 Å². The number of carbonyl (C=O) groups is 1. The summed E-state index contributed by atoms with van der Waals surface area (Å²) in [7, 11) is 2.03. The molecule has 0 bridgehead atoms. The van der Waals surface area contributed by atoms with E-state index < -0.39 is 12.3 Å². The van der Waals surface area contributed by atoms with Gasteiger partial charge in [-0.2, -0.15) is 8.78 Å². The molecule has 7 nitrogen and oxygen atoms in total. The zero-order valence-corrected chi connectivity index (χ0v) is 20.2. The highest BCUT2D eigenvalue weighted by atomic mass is 35.5. The van der Waals surface area contributed by atoms with E-state index in [9.17, 15) is 13.6 Å². The fourth-order valence-corrected chi connectivity index (χ4v) is 3.64. The lowest BCUT2D eigenvalue weighted by molar-refractivity contribution is 0.116. The molecule has 0 unspecified atom stereocenters. The van der Waals surface area contributed by atoms with Gasteiger partial charge in [0.05, 0.1) is 6.54 Å². The second kappa shape index (κ2) is 11.9. The average Bonchev–Trinajstić information content (AvgIpc) is 3.35. The summed E-state index contributed by atoms with van der Waals surface area (Å²) in [6.45, 7) is 7.24. The normalized spacial score (nSPS) is 14.0. The van der Waals surface area contributed by atoms with E-state index in [4.69, 9.17) is 16.0 Å². The number of hydrogen-bond acceptors (Lipinski definition) is 5. The van der Waals surface area contributed by atoms with Gasteiger partial charge in [0.25, 0.3) is 5.89 Å². The van der Waals surface area contributed by atoms with Crippen molar-refractivity contribution in [3.63, 3.8) is 0 Å². The maximum atomic E-state index is 13.4. The Morgan fingerprint density at radius 1 is 1.09 bits per heavy atom. The van der Waals surface area contributed by atoms with Crippen LogP contribution in [0.25, 0.3) is 11.5 Å². The third kappa shape index (κ3) is 6.30. The molecule has 0 N–H and O–H groups in total. The highest BCUT2D eigenvalue weighted by molar-refractivity contribution is 6.30. The van der Waals surface area contributed by atoms with Crippen LogP contribution in [0, 0.1) is 0 Å². The quantitative estimate of drug-likeness (QED) is 0.456. The van der Waals surface area contributed by atoms with E-state index in [2.05, 4.69) is 15.1 Å². The molecule has 0 saturated carbocycles. The van der Waals surface area contributed by atoms with Gasteiger partial charge < -0.3 is 14.2 Å². The minimum atomic E-state index is -2.82. The molecule has 1 saturated heterocycles. The van der Waals surface area contributed by atoms with Gasteiger partial charge in [-0.3, -0.25) is 4.90 Å². The highest BCUT2D eigenvalue weighted by Gasteiger charge is 2.26. The number of halogens is 3. The Hall–Kier alpha value is -3.04. The van der Waals surface area contributed by atoms with Gasteiger partial charge in [0.15, 0.2) is 0 Å². The minimum Gasteiger partial charge on any atom is -0.415 e. The molecule has 0 spiro atoms. The number of nitrogens with zero attached hydrogens (tertiary/aromatic N) is 5. The molecule has 4 rings (SSSR count). The van der Waals surface area contributed by atoms with Gasteiger partial charge in [-0.05, 0) is 42.9 Å². The Kier molecular flexibility index (Phi) is 8.95. The van der Waals surface area contributed by atoms with Crippen LogP contribution in [0.5, 0.6) is 0 Å². The fraction of sp³-hybridized carbons (Fsp3) is 0.375. The Bertz CT molecular complexity index is 1070. The van der Waals surface area contributed by atoms with Crippen molar-refractivity contribution in [1.82, 2.24) is 20.0 Å². The smallest absolute Gasteiger partial charge is 0.324 e. The van der Waals surface area contributed by atoms with Crippen LogP contribution in [0.2, 0.25) is 5.02 Å². The number of carbonyl (C=O) groups excluding carboxylic acids is 1. The van der Waals surface area contributed by atoms with Crippen molar-refractivity contribution in [3.05, 3.63) is 65.0 Å². The van der Waals surface area contributed by atoms with Crippen molar-refractivity contribution in [2.75, 3.05) is 38.1 Å². The lowest BCUT2D eigenvalue weighted by atomic mass is 10.1. The van der Waals surface area contributed by atoms with Crippen molar-refractivity contribution in [2.24, 2.45) is 0 Å². The first-order valence-electron chi connectivity index (χ1n) is 11.1. The predicted octanol–water partition coefficient (Wildman–Crippen LogP) is 5.73. The summed E-state index contributed by atoms with van der Waals surface area (Å²) in [6.07, 6.45) is -2.82. The Balaban J connectivity index is 0.00000158. The van der Waals surface area contributed by atoms with Gasteiger partial charge in [-0.25, -0.2) is 4.79 Å². The monoisotopic (exact) mass is 491 g/mol. The molecule has 1 aliphatic rings. The second-order valence-corrected chi connectivity index (χ2v) is 8.02. The SMILES string of the molecule is CC.CN1CCN(C(=O)N(Cc2ccc(-c3nnc(C(F)F)o3)cc2)c2cccc(Cl)c2)CC1. The van der Waals surface area contributed by atoms with E-state index in [1.165, 1.54) is 0 Å². The second-order valence-electron chi connectivity index (χ2n) is 7.58. The fourth-order valence-electron chi connectivity index (χ4n) is 3.46. The average molecular weight is 492 g/mol. The summed E-state index contributed by atoms with van der Waals surface area (Å²) < 4.78 is 30.4. The lowest BCUT2D eigenvalue weighted by Crippen LogP contribution is -2.51. The number of likely N-dealkylation sites (N-methyl/N-ethyl adjacent to an activating group) is 1. The summed E-state index contributed by atoms with van der Waals surface area (Å²) in [5, 5.41) is 7.56. The topological polar surface area (TPSA) is 65.7 Å². The molecule has 0 atom stereocenters. The molecule has 34 heavy (non-hydrogen) atoms. The van der Waals surface area contributed by atoms with Gasteiger partial charge in [-0.15, -0.1) is 10.2 Å². The lowest BCUT2D eigenvalue weighted by Gasteiger charge is -2.36. The Labute approximate surface area is 202 Å². The number of hydrogen-bond donors (Lipinski definition) is 0.